The Bertz CT molecular complexity index is 1550. The highest BCUT2D eigenvalue weighted by atomic mass is 16.5. The lowest BCUT2D eigenvalue weighted by Crippen LogP contribution is -2.09. The van der Waals surface area contributed by atoms with Gasteiger partial charge in [-0.3, -0.25) is 4.79 Å². The van der Waals surface area contributed by atoms with Crippen molar-refractivity contribution in [1.82, 2.24) is 9.97 Å². The molecule has 4 N–H and O–H groups in total. The van der Waals surface area contributed by atoms with Gasteiger partial charge in [0.15, 0.2) is 6.61 Å². The van der Waals surface area contributed by atoms with E-state index >= 15 is 0 Å². The Morgan fingerprint density at radius 3 is 2.00 bits per heavy atom. The highest BCUT2D eigenvalue weighted by molar-refractivity contribution is 5.90. The fourth-order valence-electron chi connectivity index (χ4n) is 3.83. The van der Waals surface area contributed by atoms with Gasteiger partial charge in [-0.2, -0.15) is 0 Å². The minimum absolute atomic E-state index is 0.316. The number of aromatic nitrogens is 2. The SMILES string of the molecule is CCOC(=O)/C=C/c1ccc(-c2nc(-c3ccc(OCC(=O)O)cc3)c(-c3ccc(/C=C/C(N)=O)cc3)[nH]2)cc1. The number of ether oxygens (including phenoxy) is 2. The number of carbonyl (C=O) groups is 3. The van der Waals surface area contributed by atoms with Crippen LogP contribution in [0.1, 0.15) is 18.1 Å². The summed E-state index contributed by atoms with van der Waals surface area (Å²) >= 11 is 0. The van der Waals surface area contributed by atoms with Crippen LogP contribution in [0.2, 0.25) is 0 Å². The summed E-state index contributed by atoms with van der Waals surface area (Å²) in [5.74, 6) is -0.916. The molecule has 0 radical (unpaired) electrons. The second-order valence-corrected chi connectivity index (χ2v) is 8.58. The van der Waals surface area contributed by atoms with Crippen molar-refractivity contribution in [1.29, 1.82) is 0 Å². The second-order valence-electron chi connectivity index (χ2n) is 8.58. The van der Waals surface area contributed by atoms with Crippen LogP contribution in [-0.2, 0) is 19.1 Å². The van der Waals surface area contributed by atoms with E-state index in [9.17, 15) is 14.4 Å². The largest absolute Gasteiger partial charge is 0.482 e. The van der Waals surface area contributed by atoms with Gasteiger partial charge in [-0.25, -0.2) is 14.6 Å². The number of carboxylic acids is 1. The number of H-pyrrole nitrogens is 1. The molecule has 3 aromatic carbocycles. The van der Waals surface area contributed by atoms with E-state index in [0.717, 1.165) is 33.5 Å². The number of nitrogens with zero attached hydrogens (tertiary/aromatic N) is 1. The Balaban J connectivity index is 1.68. The molecule has 9 nitrogen and oxygen atoms in total. The highest BCUT2D eigenvalue weighted by Crippen LogP contribution is 2.34. The van der Waals surface area contributed by atoms with Gasteiger partial charge in [-0.05, 0) is 54.5 Å². The van der Waals surface area contributed by atoms with Crippen LogP contribution >= 0.6 is 0 Å². The Morgan fingerprint density at radius 2 is 1.43 bits per heavy atom. The molecule has 1 amide bonds. The lowest BCUT2D eigenvalue weighted by Gasteiger charge is -2.06. The van der Waals surface area contributed by atoms with Crippen LogP contribution in [0.25, 0.3) is 46.1 Å². The molecule has 0 bridgehead atoms. The number of primary amides is 1. The summed E-state index contributed by atoms with van der Waals surface area (Å²) in [6.07, 6.45) is 6.00. The van der Waals surface area contributed by atoms with Crippen molar-refractivity contribution >= 4 is 30.0 Å². The Kier molecular flexibility index (Phi) is 8.88. The van der Waals surface area contributed by atoms with E-state index in [1.807, 2.05) is 60.7 Å². The van der Waals surface area contributed by atoms with Gasteiger partial charge < -0.3 is 25.3 Å². The minimum Gasteiger partial charge on any atom is -0.482 e. The summed E-state index contributed by atoms with van der Waals surface area (Å²) in [4.78, 5) is 41.8. The number of carbonyl (C=O) groups excluding carboxylic acids is 2. The van der Waals surface area contributed by atoms with E-state index in [2.05, 4.69) is 4.98 Å². The molecule has 1 aromatic heterocycles. The van der Waals surface area contributed by atoms with Crippen molar-refractivity contribution < 1.29 is 29.0 Å². The lowest BCUT2D eigenvalue weighted by atomic mass is 10.0. The molecule has 0 aliphatic rings. The van der Waals surface area contributed by atoms with Gasteiger partial charge in [0.2, 0.25) is 5.91 Å². The maximum atomic E-state index is 11.6. The zero-order valence-corrected chi connectivity index (χ0v) is 21.7. The van der Waals surface area contributed by atoms with E-state index < -0.39 is 24.5 Å². The number of hydrogen-bond donors (Lipinski definition) is 3. The summed E-state index contributed by atoms with van der Waals surface area (Å²) in [7, 11) is 0. The smallest absolute Gasteiger partial charge is 0.341 e. The third-order valence-corrected chi connectivity index (χ3v) is 5.72. The van der Waals surface area contributed by atoms with E-state index in [-0.39, 0.29) is 0 Å². The van der Waals surface area contributed by atoms with Crippen molar-refractivity contribution in [2.45, 2.75) is 6.92 Å². The zero-order chi connectivity index (χ0) is 28.5. The number of aliphatic carboxylic acids is 1. The third kappa shape index (κ3) is 7.32. The number of nitrogens with one attached hydrogen (secondary N) is 1. The van der Waals surface area contributed by atoms with Crippen LogP contribution in [0.5, 0.6) is 5.75 Å². The average molecular weight is 538 g/mol. The number of esters is 1. The predicted molar refractivity (Wildman–Crippen MR) is 152 cm³/mol. The van der Waals surface area contributed by atoms with Gasteiger partial charge in [-0.1, -0.05) is 48.5 Å². The number of nitrogens with two attached hydrogens (primary N) is 1. The van der Waals surface area contributed by atoms with E-state index in [1.165, 1.54) is 12.2 Å². The molecule has 0 fully saturated rings. The first kappa shape index (κ1) is 27.6. The first-order valence-electron chi connectivity index (χ1n) is 12.4. The maximum Gasteiger partial charge on any atom is 0.341 e. The lowest BCUT2D eigenvalue weighted by molar-refractivity contribution is -0.139. The molecule has 0 saturated heterocycles. The molecule has 40 heavy (non-hydrogen) atoms. The molecule has 0 aliphatic heterocycles. The molecular formula is C31H27N3O6. The summed E-state index contributed by atoms with van der Waals surface area (Å²) in [6.45, 7) is 1.64. The number of amides is 1. The Hall–Kier alpha value is -5.44. The van der Waals surface area contributed by atoms with Crippen LogP contribution in [0.15, 0.2) is 84.9 Å². The van der Waals surface area contributed by atoms with Gasteiger partial charge >= 0.3 is 11.9 Å². The number of imidazole rings is 1. The van der Waals surface area contributed by atoms with Gasteiger partial charge in [0.05, 0.1) is 18.0 Å². The fraction of sp³-hybridized carbons (Fsp3) is 0.0968. The number of rotatable bonds is 11. The molecule has 1 heterocycles. The van der Waals surface area contributed by atoms with Crippen molar-refractivity contribution in [2.75, 3.05) is 13.2 Å². The summed E-state index contributed by atoms with van der Waals surface area (Å²) in [5, 5.41) is 8.86. The number of benzene rings is 3. The van der Waals surface area contributed by atoms with E-state index in [0.29, 0.717) is 23.9 Å². The van der Waals surface area contributed by atoms with Crippen LogP contribution in [-0.4, -0.2) is 46.1 Å². The van der Waals surface area contributed by atoms with E-state index in [1.54, 1.807) is 31.2 Å². The summed E-state index contributed by atoms with van der Waals surface area (Å²) < 4.78 is 10.2. The van der Waals surface area contributed by atoms with Crippen LogP contribution in [0.3, 0.4) is 0 Å². The average Bonchev–Trinajstić information content (AvgIpc) is 3.40. The summed E-state index contributed by atoms with van der Waals surface area (Å²) in [6, 6.07) is 22.1. The van der Waals surface area contributed by atoms with Gasteiger partial charge in [-0.15, -0.1) is 0 Å². The Morgan fingerprint density at radius 1 is 0.850 bits per heavy atom. The molecule has 0 aliphatic carbocycles. The second kappa shape index (κ2) is 12.9. The number of aromatic amines is 1. The molecule has 4 aromatic rings. The van der Waals surface area contributed by atoms with Gasteiger partial charge in [0, 0.05) is 28.8 Å². The van der Waals surface area contributed by atoms with Crippen LogP contribution in [0.4, 0.5) is 0 Å². The van der Waals surface area contributed by atoms with Crippen LogP contribution in [0, 0.1) is 0 Å². The molecule has 0 spiro atoms. The molecule has 202 valence electrons. The highest BCUT2D eigenvalue weighted by Gasteiger charge is 2.16. The first-order valence-corrected chi connectivity index (χ1v) is 12.4. The van der Waals surface area contributed by atoms with E-state index in [4.69, 9.17) is 25.3 Å². The molecule has 4 rings (SSSR count). The summed E-state index contributed by atoms with van der Waals surface area (Å²) in [5.41, 5.74) is 10.8. The number of hydrogen-bond acceptors (Lipinski definition) is 6. The Labute approximate surface area is 230 Å². The molecule has 0 unspecified atom stereocenters. The molecular weight excluding hydrogens is 510 g/mol. The fourth-order valence-corrected chi connectivity index (χ4v) is 3.83. The topological polar surface area (TPSA) is 145 Å². The van der Waals surface area contributed by atoms with Crippen molar-refractivity contribution in [3.05, 3.63) is 96.1 Å². The molecule has 0 saturated carbocycles. The normalized spacial score (nSPS) is 11.1. The van der Waals surface area contributed by atoms with Gasteiger partial charge in [0.25, 0.3) is 0 Å². The monoisotopic (exact) mass is 537 g/mol. The first-order chi connectivity index (χ1) is 19.3. The molecule has 0 atom stereocenters. The maximum absolute atomic E-state index is 11.6. The predicted octanol–water partition coefficient (Wildman–Crippen LogP) is 4.95. The molecule has 9 heteroatoms. The van der Waals surface area contributed by atoms with Crippen LogP contribution < -0.4 is 10.5 Å². The zero-order valence-electron chi connectivity index (χ0n) is 21.7. The number of carboxylic acid groups (broad SMARTS) is 1. The third-order valence-electron chi connectivity index (χ3n) is 5.72. The van der Waals surface area contributed by atoms with Crippen molar-refractivity contribution in [3.63, 3.8) is 0 Å². The quantitative estimate of drug-likeness (QED) is 0.181. The minimum atomic E-state index is -1.06. The van der Waals surface area contributed by atoms with Crippen molar-refractivity contribution in [2.24, 2.45) is 5.73 Å². The van der Waals surface area contributed by atoms with Gasteiger partial charge in [0.1, 0.15) is 11.6 Å². The standard InChI is InChI=1S/C31H27N3O6/c1-2-39-28(38)18-8-21-5-11-24(12-6-21)31-33-29(22-9-3-20(4-10-22)7-17-26(32)35)30(34-31)23-13-15-25(16-14-23)40-19-27(36)37/h3-18H,2,19H2,1H3,(H2,32,35)(H,33,34)(H,36,37)/b17-7+,18-8+. The van der Waals surface area contributed by atoms with Crippen molar-refractivity contribution in [3.8, 4) is 39.7 Å².